The van der Waals surface area contributed by atoms with E-state index in [0.717, 1.165) is 22.3 Å². The summed E-state index contributed by atoms with van der Waals surface area (Å²) < 4.78 is 5.21. The SMILES string of the molecule is CN1C=C2CC(=O)C(OCC(=O)O)C=C2C(c2ccccc2)=C1C#N. The average molecular weight is 336 g/mol. The van der Waals surface area contributed by atoms with E-state index in [-0.39, 0.29) is 12.2 Å². The van der Waals surface area contributed by atoms with Crippen molar-refractivity contribution in [2.75, 3.05) is 13.7 Å². The Morgan fingerprint density at radius 3 is 2.76 bits per heavy atom. The average Bonchev–Trinajstić information content (AvgIpc) is 2.59. The number of hydrogen-bond donors (Lipinski definition) is 1. The van der Waals surface area contributed by atoms with E-state index < -0.39 is 18.7 Å². The largest absolute Gasteiger partial charge is 0.480 e. The Kier molecular flexibility index (Phi) is 4.50. The fraction of sp³-hybridized carbons (Fsp3) is 0.211. The van der Waals surface area contributed by atoms with Crippen molar-refractivity contribution in [2.24, 2.45) is 0 Å². The highest BCUT2D eigenvalue weighted by molar-refractivity contribution is 5.98. The number of benzene rings is 1. The summed E-state index contributed by atoms with van der Waals surface area (Å²) in [7, 11) is 1.77. The Morgan fingerprint density at radius 2 is 2.12 bits per heavy atom. The first kappa shape index (κ1) is 16.7. The van der Waals surface area contributed by atoms with E-state index in [2.05, 4.69) is 6.07 Å². The third-order valence-electron chi connectivity index (χ3n) is 4.11. The van der Waals surface area contributed by atoms with E-state index in [1.54, 1.807) is 24.2 Å². The molecular formula is C19H16N2O4. The maximum atomic E-state index is 12.3. The number of ketones is 1. The van der Waals surface area contributed by atoms with Crippen LogP contribution in [0.4, 0.5) is 0 Å². The van der Waals surface area contributed by atoms with Gasteiger partial charge in [0.1, 0.15) is 24.5 Å². The van der Waals surface area contributed by atoms with Gasteiger partial charge in [-0.15, -0.1) is 0 Å². The molecule has 1 aromatic rings. The topological polar surface area (TPSA) is 90.6 Å². The zero-order valence-corrected chi connectivity index (χ0v) is 13.6. The van der Waals surface area contributed by atoms with Crippen LogP contribution in [0.25, 0.3) is 5.57 Å². The molecule has 0 amide bonds. The Labute approximate surface area is 144 Å². The zero-order chi connectivity index (χ0) is 18.0. The maximum Gasteiger partial charge on any atom is 0.329 e. The van der Waals surface area contributed by atoms with Crippen molar-refractivity contribution in [2.45, 2.75) is 12.5 Å². The van der Waals surface area contributed by atoms with Crippen molar-refractivity contribution in [3.63, 3.8) is 0 Å². The number of nitrogens with zero attached hydrogens (tertiary/aromatic N) is 2. The van der Waals surface area contributed by atoms with Crippen molar-refractivity contribution in [3.8, 4) is 6.07 Å². The lowest BCUT2D eigenvalue weighted by Gasteiger charge is -2.31. The minimum absolute atomic E-state index is 0.134. The number of carboxylic acids is 1. The van der Waals surface area contributed by atoms with Crippen LogP contribution in [-0.4, -0.2) is 41.5 Å². The molecule has 25 heavy (non-hydrogen) atoms. The smallest absolute Gasteiger partial charge is 0.329 e. The van der Waals surface area contributed by atoms with Crippen LogP contribution in [0.15, 0.2) is 59.5 Å². The van der Waals surface area contributed by atoms with Crippen LogP contribution in [0, 0.1) is 11.3 Å². The minimum atomic E-state index is -1.13. The van der Waals surface area contributed by atoms with Crippen molar-refractivity contribution in [1.82, 2.24) is 4.90 Å². The summed E-state index contributed by atoms with van der Waals surface area (Å²) in [5, 5.41) is 18.4. The molecule has 6 nitrogen and oxygen atoms in total. The summed E-state index contributed by atoms with van der Waals surface area (Å²) in [5.41, 5.74) is 3.58. The molecule has 126 valence electrons. The van der Waals surface area contributed by atoms with Gasteiger partial charge < -0.3 is 14.7 Å². The molecule has 0 aromatic heterocycles. The molecule has 0 fully saturated rings. The van der Waals surface area contributed by atoms with E-state index in [9.17, 15) is 14.9 Å². The van der Waals surface area contributed by atoms with Crippen LogP contribution in [-0.2, 0) is 14.3 Å². The highest BCUT2D eigenvalue weighted by atomic mass is 16.5. The lowest BCUT2D eigenvalue weighted by Crippen LogP contribution is -2.31. The number of carbonyl (C=O) groups excluding carboxylic acids is 1. The summed E-state index contributed by atoms with van der Waals surface area (Å²) in [6.07, 6.45) is 2.59. The van der Waals surface area contributed by atoms with Crippen LogP contribution >= 0.6 is 0 Å². The Balaban J connectivity index is 2.10. The number of ether oxygens (including phenoxy) is 1. The third kappa shape index (κ3) is 3.23. The van der Waals surface area contributed by atoms with Gasteiger partial charge in [-0.25, -0.2) is 4.79 Å². The Bertz CT molecular complexity index is 859. The molecule has 0 spiro atoms. The van der Waals surface area contributed by atoms with Crippen molar-refractivity contribution >= 4 is 17.3 Å². The number of aliphatic carboxylic acids is 1. The molecule has 1 unspecified atom stereocenters. The van der Waals surface area contributed by atoms with Crippen molar-refractivity contribution in [3.05, 3.63) is 65.0 Å². The highest BCUT2D eigenvalue weighted by Gasteiger charge is 2.33. The standard InChI is InChI=1S/C19H16N2O4/c1-21-10-13-7-16(22)17(25-11-18(23)24)8-14(13)19(15(21)9-20)12-5-3-2-4-6-12/h2-6,8,10,17H,7,11H2,1H3,(H,23,24). The monoisotopic (exact) mass is 336 g/mol. The van der Waals surface area contributed by atoms with Gasteiger partial charge in [-0.1, -0.05) is 30.3 Å². The summed E-state index contributed by atoms with van der Waals surface area (Å²) in [4.78, 5) is 24.7. The number of carboxylic acid groups (broad SMARTS) is 1. The highest BCUT2D eigenvalue weighted by Crippen LogP contribution is 2.40. The first-order chi connectivity index (χ1) is 12.0. The number of Topliss-reactive ketones (excluding diaryl/α,β-unsaturated/α-hetero) is 1. The molecule has 1 atom stereocenters. The van der Waals surface area contributed by atoms with Gasteiger partial charge in [0.05, 0.1) is 0 Å². The van der Waals surface area contributed by atoms with E-state index in [1.165, 1.54) is 0 Å². The molecule has 0 saturated heterocycles. The first-order valence-corrected chi connectivity index (χ1v) is 7.73. The fourth-order valence-corrected chi connectivity index (χ4v) is 3.03. The molecule has 1 aliphatic heterocycles. The maximum absolute atomic E-state index is 12.3. The quantitative estimate of drug-likeness (QED) is 0.906. The van der Waals surface area contributed by atoms with Gasteiger partial charge in [-0.3, -0.25) is 4.79 Å². The number of allylic oxidation sites excluding steroid dienone is 4. The summed E-state index contributed by atoms with van der Waals surface area (Å²) in [6.45, 7) is -0.547. The summed E-state index contributed by atoms with van der Waals surface area (Å²) >= 11 is 0. The van der Waals surface area contributed by atoms with Gasteiger partial charge in [-0.05, 0) is 22.8 Å². The lowest BCUT2D eigenvalue weighted by molar-refractivity contribution is -0.145. The van der Waals surface area contributed by atoms with Crippen LogP contribution in [0.1, 0.15) is 12.0 Å². The van der Waals surface area contributed by atoms with Gasteiger partial charge in [0.15, 0.2) is 5.78 Å². The van der Waals surface area contributed by atoms with Crippen LogP contribution in [0.5, 0.6) is 0 Å². The number of carbonyl (C=O) groups is 2. The second-order valence-corrected chi connectivity index (χ2v) is 5.82. The molecule has 3 rings (SSSR count). The number of rotatable bonds is 4. The predicted molar refractivity (Wildman–Crippen MR) is 89.9 cm³/mol. The van der Waals surface area contributed by atoms with E-state index in [1.807, 2.05) is 30.3 Å². The van der Waals surface area contributed by atoms with Crippen LogP contribution < -0.4 is 0 Å². The third-order valence-corrected chi connectivity index (χ3v) is 4.11. The number of fused-ring (bicyclic) bond motifs is 1. The molecule has 2 aliphatic rings. The van der Waals surface area contributed by atoms with E-state index >= 15 is 0 Å². The lowest BCUT2D eigenvalue weighted by atomic mass is 9.81. The molecule has 0 bridgehead atoms. The Hall–Kier alpha value is -3.17. The predicted octanol–water partition coefficient (Wildman–Crippen LogP) is 2.12. The number of nitriles is 1. The van der Waals surface area contributed by atoms with Crippen LogP contribution in [0.2, 0.25) is 0 Å². The van der Waals surface area contributed by atoms with Gasteiger partial charge in [0.25, 0.3) is 0 Å². The van der Waals surface area contributed by atoms with Gasteiger partial charge in [-0.2, -0.15) is 5.26 Å². The molecule has 1 aliphatic carbocycles. The molecule has 1 aromatic carbocycles. The molecular weight excluding hydrogens is 320 g/mol. The van der Waals surface area contributed by atoms with Gasteiger partial charge in [0, 0.05) is 25.2 Å². The molecule has 6 heteroatoms. The molecule has 1 heterocycles. The minimum Gasteiger partial charge on any atom is -0.480 e. The van der Waals surface area contributed by atoms with E-state index in [0.29, 0.717) is 5.70 Å². The summed E-state index contributed by atoms with van der Waals surface area (Å²) in [6, 6.07) is 11.6. The zero-order valence-electron chi connectivity index (χ0n) is 13.6. The van der Waals surface area contributed by atoms with Crippen molar-refractivity contribution < 1.29 is 19.4 Å². The van der Waals surface area contributed by atoms with Crippen molar-refractivity contribution in [1.29, 1.82) is 5.26 Å². The van der Waals surface area contributed by atoms with Gasteiger partial charge in [0.2, 0.25) is 0 Å². The van der Waals surface area contributed by atoms with Crippen LogP contribution in [0.3, 0.4) is 0 Å². The normalized spacial score (nSPS) is 19.8. The molecule has 0 radical (unpaired) electrons. The second-order valence-electron chi connectivity index (χ2n) is 5.82. The second kappa shape index (κ2) is 6.75. The fourth-order valence-electron chi connectivity index (χ4n) is 3.03. The van der Waals surface area contributed by atoms with Gasteiger partial charge >= 0.3 is 5.97 Å². The summed E-state index contributed by atoms with van der Waals surface area (Å²) in [5.74, 6) is -1.33. The molecule has 0 saturated carbocycles. The number of hydrogen-bond acceptors (Lipinski definition) is 5. The molecule has 1 N–H and O–H groups in total. The first-order valence-electron chi connectivity index (χ1n) is 7.73. The van der Waals surface area contributed by atoms with E-state index in [4.69, 9.17) is 9.84 Å². The Morgan fingerprint density at radius 1 is 1.40 bits per heavy atom.